The third kappa shape index (κ3) is 4.20. The lowest BCUT2D eigenvalue weighted by Crippen LogP contribution is -2.36. The Morgan fingerprint density at radius 1 is 1.14 bits per heavy atom. The molecule has 0 saturated heterocycles. The van der Waals surface area contributed by atoms with Gasteiger partial charge in [-0.2, -0.15) is 0 Å². The van der Waals surface area contributed by atoms with E-state index in [2.05, 4.69) is 5.32 Å². The summed E-state index contributed by atoms with van der Waals surface area (Å²) in [6.07, 6.45) is 0. The lowest BCUT2D eigenvalue weighted by molar-refractivity contribution is 0.206. The van der Waals surface area contributed by atoms with E-state index in [-0.39, 0.29) is 18.4 Å². The molecule has 0 aromatic heterocycles. The third-order valence-corrected chi connectivity index (χ3v) is 3.47. The summed E-state index contributed by atoms with van der Waals surface area (Å²) in [6, 6.07) is 13.4. The molecule has 21 heavy (non-hydrogen) atoms. The van der Waals surface area contributed by atoms with Crippen LogP contribution in [0.2, 0.25) is 5.02 Å². The fraction of sp³-hybridized carbons (Fsp3) is 0.188. The number of hydrogen-bond donors (Lipinski definition) is 1. The molecule has 2 aromatic carbocycles. The van der Waals surface area contributed by atoms with E-state index in [4.69, 9.17) is 11.6 Å². The van der Waals surface area contributed by atoms with Gasteiger partial charge in [0.2, 0.25) is 0 Å². The lowest BCUT2D eigenvalue weighted by atomic mass is 10.2. The van der Waals surface area contributed by atoms with Crippen molar-refractivity contribution in [1.29, 1.82) is 0 Å². The molecule has 0 saturated carbocycles. The topological polar surface area (TPSA) is 32.3 Å². The Bertz CT molecular complexity index is 633. The van der Waals surface area contributed by atoms with Gasteiger partial charge in [0.25, 0.3) is 0 Å². The molecule has 0 unspecified atom stereocenters. The van der Waals surface area contributed by atoms with E-state index in [0.29, 0.717) is 17.1 Å². The van der Waals surface area contributed by atoms with Crippen LogP contribution in [0.4, 0.5) is 9.18 Å². The van der Waals surface area contributed by atoms with Gasteiger partial charge in [-0.3, -0.25) is 0 Å². The van der Waals surface area contributed by atoms with Gasteiger partial charge < -0.3 is 10.2 Å². The van der Waals surface area contributed by atoms with E-state index in [1.807, 2.05) is 18.2 Å². The highest BCUT2D eigenvalue weighted by Gasteiger charge is 2.11. The Hall–Kier alpha value is -2.07. The minimum absolute atomic E-state index is 0.151. The molecule has 0 aliphatic heterocycles. The third-order valence-electron chi connectivity index (χ3n) is 3.10. The minimum Gasteiger partial charge on any atom is -0.334 e. The van der Waals surface area contributed by atoms with Crippen molar-refractivity contribution in [3.8, 4) is 0 Å². The molecule has 2 rings (SSSR count). The first-order valence-electron chi connectivity index (χ1n) is 6.53. The van der Waals surface area contributed by atoms with Crippen LogP contribution in [0.1, 0.15) is 11.1 Å². The standard InChI is InChI=1S/C16H16ClFN2O/c1-20(11-13-7-2-4-8-14(13)17)16(21)19-10-12-6-3-5-9-15(12)18/h2-9H,10-11H2,1H3,(H,19,21). The van der Waals surface area contributed by atoms with Gasteiger partial charge >= 0.3 is 6.03 Å². The summed E-state index contributed by atoms with van der Waals surface area (Å²) < 4.78 is 13.5. The SMILES string of the molecule is CN(Cc1ccccc1Cl)C(=O)NCc1ccccc1F. The van der Waals surface area contributed by atoms with Crippen LogP contribution in [0.5, 0.6) is 0 Å². The smallest absolute Gasteiger partial charge is 0.317 e. The maximum atomic E-state index is 13.5. The maximum absolute atomic E-state index is 13.5. The largest absolute Gasteiger partial charge is 0.334 e. The van der Waals surface area contributed by atoms with E-state index in [1.54, 1.807) is 31.3 Å². The molecule has 0 bridgehead atoms. The second-order valence-corrected chi connectivity index (χ2v) is 5.10. The summed E-state index contributed by atoms with van der Waals surface area (Å²) in [5.41, 5.74) is 1.32. The normalized spacial score (nSPS) is 10.2. The number of rotatable bonds is 4. The average Bonchev–Trinajstić information content (AvgIpc) is 2.48. The summed E-state index contributed by atoms with van der Waals surface area (Å²) in [5, 5.41) is 3.30. The number of nitrogens with zero attached hydrogens (tertiary/aromatic N) is 1. The molecule has 1 N–H and O–H groups in total. The van der Waals surface area contributed by atoms with Crippen LogP contribution >= 0.6 is 11.6 Å². The van der Waals surface area contributed by atoms with Crippen LogP contribution in [0.15, 0.2) is 48.5 Å². The molecular formula is C16H16ClFN2O. The Morgan fingerprint density at radius 3 is 2.43 bits per heavy atom. The fourth-order valence-electron chi connectivity index (χ4n) is 1.90. The first-order chi connectivity index (χ1) is 10.1. The van der Waals surface area contributed by atoms with E-state index in [9.17, 15) is 9.18 Å². The van der Waals surface area contributed by atoms with Gasteiger partial charge in [0.1, 0.15) is 5.82 Å². The van der Waals surface area contributed by atoms with Crippen molar-refractivity contribution < 1.29 is 9.18 Å². The molecule has 3 nitrogen and oxygen atoms in total. The van der Waals surface area contributed by atoms with E-state index in [1.165, 1.54) is 11.0 Å². The van der Waals surface area contributed by atoms with Gasteiger partial charge in [-0.15, -0.1) is 0 Å². The number of carbonyl (C=O) groups is 1. The molecule has 110 valence electrons. The molecule has 0 aliphatic rings. The Balaban J connectivity index is 1.91. The highest BCUT2D eigenvalue weighted by molar-refractivity contribution is 6.31. The molecule has 0 heterocycles. The molecule has 0 atom stereocenters. The van der Waals surface area contributed by atoms with Gasteiger partial charge in [0.15, 0.2) is 0 Å². The molecule has 0 spiro atoms. The number of amides is 2. The molecule has 0 fully saturated rings. The predicted octanol–water partition coefficient (Wildman–Crippen LogP) is 3.82. The van der Waals surface area contributed by atoms with Crippen LogP contribution in [0.3, 0.4) is 0 Å². The number of benzene rings is 2. The van der Waals surface area contributed by atoms with Crippen LogP contribution in [-0.2, 0) is 13.1 Å². The quantitative estimate of drug-likeness (QED) is 0.915. The second-order valence-electron chi connectivity index (χ2n) is 4.70. The van der Waals surface area contributed by atoms with Crippen LogP contribution in [-0.4, -0.2) is 18.0 Å². The monoisotopic (exact) mass is 306 g/mol. The van der Waals surface area contributed by atoms with Crippen LogP contribution in [0, 0.1) is 5.82 Å². The Kier molecular flexibility index (Phi) is 5.17. The number of halogens is 2. The Labute approximate surface area is 128 Å². The van der Waals surface area contributed by atoms with Crippen molar-refractivity contribution in [2.75, 3.05) is 7.05 Å². The van der Waals surface area contributed by atoms with Gasteiger partial charge in [0.05, 0.1) is 0 Å². The second kappa shape index (κ2) is 7.09. The Morgan fingerprint density at radius 2 is 1.76 bits per heavy atom. The highest BCUT2D eigenvalue weighted by Crippen LogP contribution is 2.16. The van der Waals surface area contributed by atoms with Gasteiger partial charge in [-0.1, -0.05) is 48.0 Å². The minimum atomic E-state index is -0.327. The molecule has 0 aliphatic carbocycles. The fourth-order valence-corrected chi connectivity index (χ4v) is 2.10. The number of hydrogen-bond acceptors (Lipinski definition) is 1. The first kappa shape index (κ1) is 15.3. The van der Waals surface area contributed by atoms with E-state index in [0.717, 1.165) is 5.56 Å². The van der Waals surface area contributed by atoms with Gasteiger partial charge in [0, 0.05) is 30.7 Å². The van der Waals surface area contributed by atoms with Crippen molar-refractivity contribution in [2.45, 2.75) is 13.1 Å². The van der Waals surface area contributed by atoms with Crippen molar-refractivity contribution in [1.82, 2.24) is 10.2 Å². The van der Waals surface area contributed by atoms with Gasteiger partial charge in [-0.05, 0) is 17.7 Å². The zero-order valence-electron chi connectivity index (χ0n) is 11.6. The summed E-state index contributed by atoms with van der Waals surface area (Å²) in [6.45, 7) is 0.543. The summed E-state index contributed by atoms with van der Waals surface area (Å²) in [7, 11) is 1.67. The van der Waals surface area contributed by atoms with Crippen LogP contribution < -0.4 is 5.32 Å². The molecule has 2 aromatic rings. The van der Waals surface area contributed by atoms with E-state index >= 15 is 0 Å². The van der Waals surface area contributed by atoms with Crippen molar-refractivity contribution in [3.63, 3.8) is 0 Å². The highest BCUT2D eigenvalue weighted by atomic mass is 35.5. The average molecular weight is 307 g/mol. The van der Waals surface area contributed by atoms with Crippen LogP contribution in [0.25, 0.3) is 0 Å². The van der Waals surface area contributed by atoms with Crippen molar-refractivity contribution in [3.05, 3.63) is 70.5 Å². The summed E-state index contributed by atoms with van der Waals surface area (Å²) in [4.78, 5) is 13.5. The molecule has 0 radical (unpaired) electrons. The predicted molar refractivity (Wildman–Crippen MR) is 81.6 cm³/mol. The van der Waals surface area contributed by atoms with Gasteiger partial charge in [-0.25, -0.2) is 9.18 Å². The first-order valence-corrected chi connectivity index (χ1v) is 6.91. The lowest BCUT2D eigenvalue weighted by Gasteiger charge is -2.18. The number of urea groups is 1. The summed E-state index contributed by atoms with van der Waals surface area (Å²) >= 11 is 6.06. The molecule has 5 heteroatoms. The zero-order chi connectivity index (χ0) is 15.2. The number of carbonyl (C=O) groups excluding carboxylic acids is 1. The van der Waals surface area contributed by atoms with Crippen molar-refractivity contribution >= 4 is 17.6 Å². The number of nitrogens with one attached hydrogen (secondary N) is 1. The van der Waals surface area contributed by atoms with Crippen molar-refractivity contribution in [2.24, 2.45) is 0 Å². The molecular weight excluding hydrogens is 291 g/mol. The zero-order valence-corrected chi connectivity index (χ0v) is 12.4. The molecule has 2 amide bonds. The summed E-state index contributed by atoms with van der Waals surface area (Å²) in [5.74, 6) is -0.327. The van der Waals surface area contributed by atoms with E-state index < -0.39 is 0 Å². The maximum Gasteiger partial charge on any atom is 0.317 e.